The van der Waals surface area contributed by atoms with Crippen molar-refractivity contribution in [2.45, 2.75) is 58.9 Å². The van der Waals surface area contributed by atoms with E-state index >= 15 is 0 Å². The smallest absolute Gasteiger partial charge is 0.222 e. The third-order valence-corrected chi connectivity index (χ3v) is 6.29. The highest BCUT2D eigenvalue weighted by molar-refractivity contribution is 5.76. The minimum Gasteiger partial charge on any atom is -0.352 e. The van der Waals surface area contributed by atoms with Crippen LogP contribution in [0.2, 0.25) is 0 Å². The highest BCUT2D eigenvalue weighted by atomic mass is 16.2. The van der Waals surface area contributed by atoms with Gasteiger partial charge in [0.25, 0.3) is 0 Å². The fourth-order valence-corrected chi connectivity index (χ4v) is 4.39. The molecular formula is C24H30N6O2. The Morgan fingerprint density at radius 3 is 2.75 bits per heavy atom. The predicted octanol–water partition coefficient (Wildman–Crippen LogP) is 2.72. The van der Waals surface area contributed by atoms with Crippen LogP contribution >= 0.6 is 0 Å². The standard InChI is InChI=1S/C24H30N6O2/c1-4-24(32)29-12-9-19(15-29)21-13-22-27-16(2)20(17(3)30(22)28-21)5-6-23(31)26-14-18-7-10-25-11-8-18/h7-8,10-11,13,19H,4-6,9,12,14-15H2,1-3H3,(H,26,31)/t19-/m0/s1. The zero-order valence-corrected chi connectivity index (χ0v) is 19.0. The van der Waals surface area contributed by atoms with Gasteiger partial charge in [-0.25, -0.2) is 9.50 Å². The first-order valence-corrected chi connectivity index (χ1v) is 11.3. The quantitative estimate of drug-likeness (QED) is 0.617. The van der Waals surface area contributed by atoms with Crippen LogP contribution in [0.15, 0.2) is 30.6 Å². The molecular weight excluding hydrogens is 404 g/mol. The van der Waals surface area contributed by atoms with Crippen LogP contribution in [0.5, 0.6) is 0 Å². The molecule has 3 aromatic heterocycles. The molecule has 168 valence electrons. The Morgan fingerprint density at radius 1 is 1.22 bits per heavy atom. The molecule has 0 unspecified atom stereocenters. The monoisotopic (exact) mass is 434 g/mol. The Hall–Kier alpha value is -3.29. The van der Waals surface area contributed by atoms with Crippen LogP contribution in [-0.2, 0) is 22.6 Å². The van der Waals surface area contributed by atoms with Crippen LogP contribution in [-0.4, -0.2) is 49.4 Å². The minimum absolute atomic E-state index is 0.00787. The van der Waals surface area contributed by atoms with E-state index in [1.807, 2.05) is 48.4 Å². The van der Waals surface area contributed by atoms with E-state index in [2.05, 4.69) is 10.3 Å². The van der Waals surface area contributed by atoms with Crippen molar-refractivity contribution < 1.29 is 9.59 Å². The van der Waals surface area contributed by atoms with Gasteiger partial charge in [0.05, 0.1) is 5.69 Å². The fraction of sp³-hybridized carbons (Fsp3) is 0.458. The van der Waals surface area contributed by atoms with Crippen molar-refractivity contribution in [2.75, 3.05) is 13.1 Å². The summed E-state index contributed by atoms with van der Waals surface area (Å²) in [6, 6.07) is 5.82. The first-order valence-electron chi connectivity index (χ1n) is 11.3. The summed E-state index contributed by atoms with van der Waals surface area (Å²) in [5.41, 5.74) is 5.83. The summed E-state index contributed by atoms with van der Waals surface area (Å²) in [4.78, 5) is 35.0. The molecule has 0 aromatic carbocycles. The van der Waals surface area contributed by atoms with Crippen LogP contribution in [0.4, 0.5) is 0 Å². The SMILES string of the molecule is CCC(=O)N1CC[C@H](c2cc3nc(C)c(CCC(=O)NCc4ccncc4)c(C)n3n2)C1. The zero-order valence-electron chi connectivity index (χ0n) is 19.0. The maximum Gasteiger partial charge on any atom is 0.222 e. The average Bonchev–Trinajstić information content (AvgIpc) is 3.45. The largest absolute Gasteiger partial charge is 0.352 e. The van der Waals surface area contributed by atoms with E-state index in [1.54, 1.807) is 12.4 Å². The molecule has 1 saturated heterocycles. The summed E-state index contributed by atoms with van der Waals surface area (Å²) < 4.78 is 1.89. The average molecular weight is 435 g/mol. The number of nitrogens with one attached hydrogen (secondary N) is 1. The van der Waals surface area contributed by atoms with Crippen molar-refractivity contribution in [2.24, 2.45) is 0 Å². The highest BCUT2D eigenvalue weighted by Crippen LogP contribution is 2.28. The highest BCUT2D eigenvalue weighted by Gasteiger charge is 2.28. The lowest BCUT2D eigenvalue weighted by molar-refractivity contribution is -0.129. The number of pyridine rings is 1. The summed E-state index contributed by atoms with van der Waals surface area (Å²) in [7, 11) is 0. The number of likely N-dealkylation sites (tertiary alicyclic amines) is 1. The Kier molecular flexibility index (Phi) is 6.48. The van der Waals surface area contributed by atoms with E-state index in [-0.39, 0.29) is 17.7 Å². The number of aryl methyl sites for hydroxylation is 2. The lowest BCUT2D eigenvalue weighted by Crippen LogP contribution is -2.27. The van der Waals surface area contributed by atoms with Gasteiger partial charge in [-0.3, -0.25) is 14.6 Å². The summed E-state index contributed by atoms with van der Waals surface area (Å²) >= 11 is 0. The molecule has 32 heavy (non-hydrogen) atoms. The van der Waals surface area contributed by atoms with Crippen LogP contribution in [0.3, 0.4) is 0 Å². The van der Waals surface area contributed by atoms with Gasteiger partial charge < -0.3 is 10.2 Å². The molecule has 0 spiro atoms. The van der Waals surface area contributed by atoms with Gasteiger partial charge in [0.1, 0.15) is 0 Å². The lowest BCUT2D eigenvalue weighted by atomic mass is 10.1. The molecule has 3 aromatic rings. The number of hydrogen-bond acceptors (Lipinski definition) is 5. The first kappa shape index (κ1) is 21.9. The van der Waals surface area contributed by atoms with Crippen molar-refractivity contribution in [3.05, 3.63) is 58.8 Å². The number of fused-ring (bicyclic) bond motifs is 1. The molecule has 4 rings (SSSR count). The van der Waals surface area contributed by atoms with Gasteiger partial charge in [-0.2, -0.15) is 5.10 Å². The second kappa shape index (κ2) is 9.46. The second-order valence-electron chi connectivity index (χ2n) is 8.41. The first-order chi connectivity index (χ1) is 15.5. The van der Waals surface area contributed by atoms with Crippen molar-refractivity contribution in [1.82, 2.24) is 29.8 Å². The predicted molar refractivity (Wildman–Crippen MR) is 121 cm³/mol. The molecule has 8 nitrogen and oxygen atoms in total. The van der Waals surface area contributed by atoms with Crippen molar-refractivity contribution >= 4 is 17.5 Å². The summed E-state index contributed by atoms with van der Waals surface area (Å²) in [6.07, 6.45) is 5.91. The Bertz CT molecular complexity index is 1120. The Labute approximate surface area is 188 Å². The third-order valence-electron chi connectivity index (χ3n) is 6.29. The fourth-order valence-electron chi connectivity index (χ4n) is 4.39. The van der Waals surface area contributed by atoms with Crippen LogP contribution in [0, 0.1) is 13.8 Å². The molecule has 1 fully saturated rings. The number of hydrogen-bond donors (Lipinski definition) is 1. The molecule has 0 bridgehead atoms. The second-order valence-corrected chi connectivity index (χ2v) is 8.41. The number of amides is 2. The summed E-state index contributed by atoms with van der Waals surface area (Å²) in [5, 5.41) is 7.79. The van der Waals surface area contributed by atoms with Gasteiger partial charge >= 0.3 is 0 Å². The van der Waals surface area contributed by atoms with E-state index in [1.165, 1.54) is 0 Å². The van der Waals surface area contributed by atoms with Gasteiger partial charge in [0, 0.05) is 68.2 Å². The molecule has 2 amide bonds. The van der Waals surface area contributed by atoms with Crippen LogP contribution in [0.1, 0.15) is 60.3 Å². The van der Waals surface area contributed by atoms with E-state index in [0.29, 0.717) is 25.8 Å². The molecule has 0 saturated carbocycles. The number of rotatable bonds is 7. The van der Waals surface area contributed by atoms with Crippen LogP contribution in [0.25, 0.3) is 5.65 Å². The summed E-state index contributed by atoms with van der Waals surface area (Å²) in [5.74, 6) is 0.453. The molecule has 1 aliphatic heterocycles. The van der Waals surface area contributed by atoms with Gasteiger partial charge in [0.15, 0.2) is 5.65 Å². The van der Waals surface area contributed by atoms with Crippen molar-refractivity contribution in [1.29, 1.82) is 0 Å². The lowest BCUT2D eigenvalue weighted by Gasteiger charge is -2.14. The normalized spacial score (nSPS) is 16.0. The molecule has 8 heteroatoms. The van der Waals surface area contributed by atoms with E-state index in [4.69, 9.17) is 10.1 Å². The van der Waals surface area contributed by atoms with Crippen molar-refractivity contribution in [3.63, 3.8) is 0 Å². The number of aromatic nitrogens is 4. The maximum absolute atomic E-state index is 12.4. The van der Waals surface area contributed by atoms with E-state index in [9.17, 15) is 9.59 Å². The number of nitrogens with zero attached hydrogens (tertiary/aromatic N) is 5. The molecule has 1 N–H and O–H groups in total. The maximum atomic E-state index is 12.4. The third kappa shape index (κ3) is 4.64. The molecule has 0 radical (unpaired) electrons. The van der Waals surface area contributed by atoms with E-state index < -0.39 is 0 Å². The Balaban J connectivity index is 1.44. The van der Waals surface area contributed by atoms with E-state index in [0.717, 1.165) is 53.4 Å². The minimum atomic E-state index is 0.00787. The van der Waals surface area contributed by atoms with Gasteiger partial charge in [-0.05, 0) is 49.9 Å². The molecule has 1 atom stereocenters. The van der Waals surface area contributed by atoms with Crippen LogP contribution < -0.4 is 5.32 Å². The Morgan fingerprint density at radius 2 is 2.00 bits per heavy atom. The van der Waals surface area contributed by atoms with Gasteiger partial charge in [-0.15, -0.1) is 0 Å². The van der Waals surface area contributed by atoms with Gasteiger partial charge in [0.2, 0.25) is 11.8 Å². The molecule has 4 heterocycles. The molecule has 0 aliphatic carbocycles. The summed E-state index contributed by atoms with van der Waals surface area (Å²) in [6.45, 7) is 7.93. The zero-order chi connectivity index (χ0) is 22.7. The number of carbonyl (C=O) groups is 2. The van der Waals surface area contributed by atoms with Gasteiger partial charge in [-0.1, -0.05) is 6.92 Å². The number of carbonyl (C=O) groups excluding carboxylic acids is 2. The topological polar surface area (TPSA) is 92.5 Å². The van der Waals surface area contributed by atoms with Crippen molar-refractivity contribution in [3.8, 4) is 0 Å². The molecule has 1 aliphatic rings.